The molecule has 4 heteroatoms. The summed E-state index contributed by atoms with van der Waals surface area (Å²) in [4.78, 5) is 10.4. The Labute approximate surface area is 275 Å². The molecule has 7 aromatic carbocycles. The second-order valence-corrected chi connectivity index (χ2v) is 12.1. The summed E-state index contributed by atoms with van der Waals surface area (Å²) in [6.07, 6.45) is 0. The van der Waals surface area contributed by atoms with Gasteiger partial charge in [0.15, 0.2) is 11.4 Å². The Kier molecular flexibility index (Phi) is 5.84. The molecule has 0 bridgehead atoms. The van der Waals surface area contributed by atoms with Crippen molar-refractivity contribution in [2.75, 3.05) is 0 Å². The van der Waals surface area contributed by atoms with Crippen LogP contribution in [0.5, 0.6) is 0 Å². The second kappa shape index (κ2) is 10.5. The molecule has 0 fully saturated rings. The fourth-order valence-corrected chi connectivity index (χ4v) is 7.01. The van der Waals surface area contributed by atoms with E-state index in [1.54, 1.807) is 0 Å². The number of aromatic nitrogens is 2. The molecule has 0 N–H and O–H groups in total. The molecular formula is C44H26N2O2. The highest BCUT2D eigenvalue weighted by molar-refractivity contribution is 6.17. The zero-order valence-electron chi connectivity index (χ0n) is 25.7. The Morgan fingerprint density at radius 2 is 1.04 bits per heavy atom. The first-order chi connectivity index (χ1) is 23.8. The molecule has 0 saturated heterocycles. The molecule has 0 aliphatic rings. The second-order valence-electron chi connectivity index (χ2n) is 12.1. The van der Waals surface area contributed by atoms with Crippen molar-refractivity contribution in [2.45, 2.75) is 0 Å². The summed E-state index contributed by atoms with van der Waals surface area (Å²) in [6.45, 7) is 0. The zero-order valence-corrected chi connectivity index (χ0v) is 25.7. The summed E-state index contributed by atoms with van der Waals surface area (Å²) >= 11 is 0. The van der Waals surface area contributed by atoms with Gasteiger partial charge in [0.05, 0.1) is 0 Å². The van der Waals surface area contributed by atoms with Crippen LogP contribution in [0.15, 0.2) is 167 Å². The third-order valence-corrected chi connectivity index (χ3v) is 9.32. The van der Waals surface area contributed by atoms with Crippen molar-refractivity contribution in [3.05, 3.63) is 158 Å². The van der Waals surface area contributed by atoms with Crippen LogP contribution in [0.2, 0.25) is 0 Å². The topological polar surface area (TPSA) is 52.1 Å². The smallest absolute Gasteiger partial charge is 0.180 e. The minimum absolute atomic E-state index is 0.643. The van der Waals surface area contributed by atoms with Crippen molar-refractivity contribution in [1.29, 1.82) is 0 Å². The van der Waals surface area contributed by atoms with Crippen LogP contribution >= 0.6 is 0 Å². The molecule has 4 nitrogen and oxygen atoms in total. The maximum Gasteiger partial charge on any atom is 0.180 e. The molecule has 0 saturated carbocycles. The normalized spacial score (nSPS) is 11.8. The quantitative estimate of drug-likeness (QED) is 0.198. The summed E-state index contributed by atoms with van der Waals surface area (Å²) in [5, 5.41) is 5.42. The molecule has 48 heavy (non-hydrogen) atoms. The standard InChI is InChI=1S/C44H26N2O2/c1-2-10-27(11-3-1)28-20-22-30(23-21-28)44-45-41-34-15-6-7-18-37(34)48-43(41)42(46-44)35-17-9-19-39-40(35)36-26-31(24-25-38(36)47-39)33-16-8-13-29-12-4-5-14-32(29)33/h1-26H. The number of nitrogens with zero attached hydrogens (tertiary/aromatic N) is 2. The SMILES string of the molecule is c1ccc(-c2ccc(-c3nc(-c4cccc5oc6ccc(-c7cccc8ccccc78)cc6c45)c4oc5ccccc5c4n3)cc2)cc1. The molecule has 0 spiro atoms. The predicted molar refractivity (Wildman–Crippen MR) is 196 cm³/mol. The first-order valence-corrected chi connectivity index (χ1v) is 16.1. The third-order valence-electron chi connectivity index (χ3n) is 9.32. The van der Waals surface area contributed by atoms with Gasteiger partial charge < -0.3 is 8.83 Å². The monoisotopic (exact) mass is 614 g/mol. The molecule has 0 unspecified atom stereocenters. The fraction of sp³-hybridized carbons (Fsp3) is 0. The largest absolute Gasteiger partial charge is 0.456 e. The molecule has 0 aliphatic carbocycles. The van der Waals surface area contributed by atoms with E-state index in [1.807, 2.05) is 36.4 Å². The van der Waals surface area contributed by atoms with Crippen molar-refractivity contribution in [2.24, 2.45) is 0 Å². The van der Waals surface area contributed by atoms with E-state index in [4.69, 9.17) is 18.8 Å². The first kappa shape index (κ1) is 26.7. The Balaban J connectivity index is 1.22. The highest BCUT2D eigenvalue weighted by Gasteiger charge is 2.22. The van der Waals surface area contributed by atoms with Gasteiger partial charge >= 0.3 is 0 Å². The predicted octanol–water partition coefficient (Wildman–Crippen LogP) is 12.1. The number of benzene rings is 7. The maximum atomic E-state index is 6.53. The Morgan fingerprint density at radius 1 is 0.396 bits per heavy atom. The van der Waals surface area contributed by atoms with E-state index in [-0.39, 0.29) is 0 Å². The van der Waals surface area contributed by atoms with Crippen molar-refractivity contribution in [1.82, 2.24) is 9.97 Å². The van der Waals surface area contributed by atoms with Gasteiger partial charge in [-0.3, -0.25) is 0 Å². The number of para-hydroxylation sites is 1. The Hall–Kier alpha value is -6.52. The molecule has 0 atom stereocenters. The summed E-state index contributed by atoms with van der Waals surface area (Å²) < 4.78 is 13.0. The molecule has 10 rings (SSSR count). The van der Waals surface area contributed by atoms with Crippen LogP contribution in [0.25, 0.3) is 99.7 Å². The summed E-state index contributed by atoms with van der Waals surface area (Å²) in [7, 11) is 0. The average molecular weight is 615 g/mol. The number of hydrogen-bond donors (Lipinski definition) is 0. The third kappa shape index (κ3) is 4.16. The fourth-order valence-electron chi connectivity index (χ4n) is 7.01. The number of furan rings is 2. The van der Waals surface area contributed by atoms with Crippen LogP contribution in [0.4, 0.5) is 0 Å². The van der Waals surface area contributed by atoms with Gasteiger partial charge in [-0.1, -0.05) is 127 Å². The van der Waals surface area contributed by atoms with E-state index in [0.29, 0.717) is 11.4 Å². The first-order valence-electron chi connectivity index (χ1n) is 16.1. The lowest BCUT2D eigenvalue weighted by Gasteiger charge is -2.09. The maximum absolute atomic E-state index is 6.53. The summed E-state index contributed by atoms with van der Waals surface area (Å²) in [5.41, 5.74) is 11.1. The minimum Gasteiger partial charge on any atom is -0.456 e. The van der Waals surface area contributed by atoms with Gasteiger partial charge in [-0.25, -0.2) is 9.97 Å². The van der Waals surface area contributed by atoms with Gasteiger partial charge in [0, 0.05) is 27.3 Å². The van der Waals surface area contributed by atoms with E-state index in [0.717, 1.165) is 66.4 Å². The lowest BCUT2D eigenvalue weighted by molar-refractivity contribution is 0.667. The van der Waals surface area contributed by atoms with Crippen molar-refractivity contribution >= 4 is 54.8 Å². The highest BCUT2D eigenvalue weighted by Crippen LogP contribution is 2.42. The van der Waals surface area contributed by atoms with Crippen LogP contribution in [-0.4, -0.2) is 9.97 Å². The zero-order chi connectivity index (χ0) is 31.6. The van der Waals surface area contributed by atoms with Crippen molar-refractivity contribution in [3.8, 4) is 44.9 Å². The van der Waals surface area contributed by atoms with Crippen LogP contribution in [0.3, 0.4) is 0 Å². The van der Waals surface area contributed by atoms with Crippen LogP contribution in [0, 0.1) is 0 Å². The van der Waals surface area contributed by atoms with Gasteiger partial charge in [0.2, 0.25) is 0 Å². The van der Waals surface area contributed by atoms with E-state index < -0.39 is 0 Å². The van der Waals surface area contributed by atoms with Crippen molar-refractivity contribution in [3.63, 3.8) is 0 Å². The van der Waals surface area contributed by atoms with Crippen molar-refractivity contribution < 1.29 is 8.83 Å². The van der Waals surface area contributed by atoms with Crippen LogP contribution in [-0.2, 0) is 0 Å². The molecule has 0 radical (unpaired) electrons. The van der Waals surface area contributed by atoms with Gasteiger partial charge in [-0.05, 0) is 63.4 Å². The lowest BCUT2D eigenvalue weighted by Crippen LogP contribution is -1.94. The lowest BCUT2D eigenvalue weighted by atomic mass is 9.96. The van der Waals surface area contributed by atoms with Crippen LogP contribution in [0.1, 0.15) is 0 Å². The summed E-state index contributed by atoms with van der Waals surface area (Å²) in [6, 6.07) is 54.5. The van der Waals surface area contributed by atoms with E-state index in [1.165, 1.54) is 21.9 Å². The van der Waals surface area contributed by atoms with E-state index in [9.17, 15) is 0 Å². The van der Waals surface area contributed by atoms with Gasteiger partial charge in [-0.2, -0.15) is 0 Å². The molecule has 0 amide bonds. The molecule has 224 valence electrons. The minimum atomic E-state index is 0.643. The highest BCUT2D eigenvalue weighted by atomic mass is 16.3. The molecule has 0 aliphatic heterocycles. The number of rotatable bonds is 4. The summed E-state index contributed by atoms with van der Waals surface area (Å²) in [5.74, 6) is 0.643. The molecule has 10 aromatic rings. The van der Waals surface area contributed by atoms with Gasteiger partial charge in [-0.15, -0.1) is 0 Å². The van der Waals surface area contributed by atoms with E-state index in [2.05, 4.69) is 121 Å². The number of fused-ring (bicyclic) bond motifs is 7. The number of hydrogen-bond acceptors (Lipinski definition) is 4. The van der Waals surface area contributed by atoms with Crippen LogP contribution < -0.4 is 0 Å². The van der Waals surface area contributed by atoms with Gasteiger partial charge in [0.25, 0.3) is 0 Å². The van der Waals surface area contributed by atoms with Gasteiger partial charge in [0.1, 0.15) is 28.0 Å². The molecular weight excluding hydrogens is 588 g/mol. The Bertz CT molecular complexity index is 2820. The molecule has 3 aromatic heterocycles. The van der Waals surface area contributed by atoms with E-state index >= 15 is 0 Å². The molecule has 3 heterocycles. The average Bonchev–Trinajstić information content (AvgIpc) is 3.73. The Morgan fingerprint density at radius 3 is 1.94 bits per heavy atom.